The number of nitrogens with two attached hydrogens (primary N) is 2. The molecular weight excluding hydrogens is 690 g/mol. The zero-order valence-electron chi connectivity index (χ0n) is 24.3. The molecule has 6 heterocycles. The Morgan fingerprint density at radius 1 is 0.917 bits per heavy atom. The third-order valence-electron chi connectivity index (χ3n) is 7.52. The second kappa shape index (κ2) is 13.3. The highest BCUT2D eigenvalue weighted by Crippen LogP contribution is 2.45. The number of aliphatic hydroxyl groups excluding tert-OH is 3. The van der Waals surface area contributed by atoms with Crippen LogP contribution >= 0.6 is 15.6 Å². The summed E-state index contributed by atoms with van der Waals surface area (Å²) in [6.45, 7) is -1.41. The summed E-state index contributed by atoms with van der Waals surface area (Å²) in [6, 6.07) is 0. The maximum Gasteiger partial charge on any atom is 0.353 e. The maximum absolute atomic E-state index is 13.0. The molecule has 0 radical (unpaired) electrons. The van der Waals surface area contributed by atoms with E-state index in [9.17, 15) is 43.8 Å². The maximum atomic E-state index is 13.0. The number of aromatic nitrogens is 8. The molecule has 2 aliphatic heterocycles. The van der Waals surface area contributed by atoms with Gasteiger partial charge in [0.1, 0.15) is 49.3 Å². The second-order valence-corrected chi connectivity index (χ2v) is 13.6. The monoisotopic (exact) mass is 720 g/mol. The minimum absolute atomic E-state index is 0.0364. The van der Waals surface area contributed by atoms with E-state index in [1.807, 2.05) is 0 Å². The number of anilines is 2. The molecule has 4 aromatic heterocycles. The molecule has 4 aromatic rings. The van der Waals surface area contributed by atoms with Gasteiger partial charge in [-0.1, -0.05) is 0 Å². The molecule has 0 aliphatic carbocycles. The summed E-state index contributed by atoms with van der Waals surface area (Å²) in [5.74, 6) is -0.485. The van der Waals surface area contributed by atoms with E-state index in [0.717, 1.165) is 12.7 Å². The number of imidazole rings is 2. The Morgan fingerprint density at radius 3 is 2.04 bits per heavy atom. The smallest absolute Gasteiger partial charge is 0.353 e. The van der Waals surface area contributed by atoms with Crippen LogP contribution in [0.4, 0.5) is 11.9 Å². The van der Waals surface area contributed by atoms with Crippen molar-refractivity contribution < 1.29 is 57.7 Å². The summed E-state index contributed by atoms with van der Waals surface area (Å²) in [7, 11) is -7.84. The fraction of sp³-hybridized carbons (Fsp3) is 0.545. The summed E-state index contributed by atoms with van der Waals surface area (Å²) in [5, 5.41) is 31.8. The Kier molecular flexibility index (Phi) is 9.52. The molecule has 262 valence electrons. The summed E-state index contributed by atoms with van der Waals surface area (Å²) in [5.41, 5.74) is 9.61. The third-order valence-corrected chi connectivity index (χ3v) is 8.96. The highest BCUT2D eigenvalue weighted by atomic mass is 31.2. The van der Waals surface area contributed by atoms with Crippen molar-refractivity contribution in [3.63, 3.8) is 0 Å². The summed E-state index contributed by atoms with van der Waals surface area (Å²) in [4.78, 5) is 64.7. The molecule has 4 unspecified atom stereocenters. The highest BCUT2D eigenvalue weighted by molar-refractivity contribution is 7.52. The molecule has 26 heteroatoms. The van der Waals surface area contributed by atoms with Crippen molar-refractivity contribution in [3.8, 4) is 0 Å². The van der Waals surface area contributed by atoms with Crippen LogP contribution in [0.25, 0.3) is 22.3 Å². The van der Waals surface area contributed by atoms with Crippen molar-refractivity contribution in [1.82, 2.24) is 39.0 Å². The number of rotatable bonds is 12. The lowest BCUT2D eigenvalue weighted by Gasteiger charge is -2.22. The molecule has 0 amide bonds. The van der Waals surface area contributed by atoms with Crippen LogP contribution in [0.2, 0.25) is 0 Å². The van der Waals surface area contributed by atoms with E-state index >= 15 is 0 Å². The van der Waals surface area contributed by atoms with Crippen molar-refractivity contribution in [3.05, 3.63) is 33.4 Å². The van der Waals surface area contributed by atoms with Crippen molar-refractivity contribution in [2.45, 2.75) is 49.1 Å². The Bertz CT molecular complexity index is 2000. The Labute approximate surface area is 266 Å². The van der Waals surface area contributed by atoms with Gasteiger partial charge in [-0.25, -0.2) is 9.97 Å². The van der Waals surface area contributed by atoms with Gasteiger partial charge in [-0.2, -0.15) is 9.97 Å². The van der Waals surface area contributed by atoms with Crippen LogP contribution in [0.15, 0.2) is 22.2 Å². The van der Waals surface area contributed by atoms with Crippen LogP contribution < -0.4 is 22.6 Å². The van der Waals surface area contributed by atoms with E-state index in [1.54, 1.807) is 0 Å². The molecule has 0 saturated carbocycles. The largest absolute Gasteiger partial charge is 0.394 e. The zero-order valence-corrected chi connectivity index (χ0v) is 26.2. The molecule has 0 aromatic carbocycles. The number of nitrogens with zero attached hydrogens (tertiary/aromatic N) is 6. The van der Waals surface area contributed by atoms with E-state index in [2.05, 4.69) is 29.9 Å². The third kappa shape index (κ3) is 6.53. The van der Waals surface area contributed by atoms with Crippen molar-refractivity contribution >= 4 is 49.8 Å². The van der Waals surface area contributed by atoms with E-state index in [0.29, 0.717) is 0 Å². The second-order valence-electron chi connectivity index (χ2n) is 10.7. The lowest BCUT2D eigenvalue weighted by Crippen LogP contribution is -2.37. The highest BCUT2D eigenvalue weighted by Gasteiger charge is 2.49. The van der Waals surface area contributed by atoms with Gasteiger partial charge >= 0.3 is 7.60 Å². The quantitative estimate of drug-likeness (QED) is 0.0635. The predicted molar refractivity (Wildman–Crippen MR) is 159 cm³/mol. The van der Waals surface area contributed by atoms with Gasteiger partial charge in [0.05, 0.1) is 25.9 Å². The zero-order chi connectivity index (χ0) is 34.5. The van der Waals surface area contributed by atoms with Crippen LogP contribution in [0.3, 0.4) is 0 Å². The van der Waals surface area contributed by atoms with E-state index < -0.39 is 102 Å². The lowest BCUT2D eigenvalue weighted by atomic mass is 10.1. The van der Waals surface area contributed by atoms with Crippen LogP contribution in [-0.4, -0.2) is 127 Å². The lowest BCUT2D eigenvalue weighted by molar-refractivity contribution is -0.0632. The predicted octanol–water partition coefficient (Wildman–Crippen LogP) is -3.72. The van der Waals surface area contributed by atoms with E-state index in [-0.39, 0.29) is 34.2 Å². The van der Waals surface area contributed by atoms with Gasteiger partial charge in [-0.3, -0.25) is 37.8 Å². The number of nitrogens with one attached hydrogen (secondary N) is 2. The van der Waals surface area contributed by atoms with Crippen molar-refractivity contribution in [2.75, 3.05) is 37.4 Å². The number of nitrogen functional groups attached to an aromatic ring is 2. The first-order valence-corrected chi connectivity index (χ1v) is 17.2. The Balaban J connectivity index is 1.14. The van der Waals surface area contributed by atoms with Gasteiger partial charge in [-0.05, 0) is 0 Å². The number of hydrogen-bond donors (Lipinski definition) is 9. The average Bonchev–Trinajstić information content (AvgIpc) is 3.77. The first-order chi connectivity index (χ1) is 22.8. The first kappa shape index (κ1) is 34.2. The van der Waals surface area contributed by atoms with Gasteiger partial charge in [0.15, 0.2) is 34.8 Å². The van der Waals surface area contributed by atoms with Gasteiger partial charge in [0.2, 0.25) is 19.9 Å². The summed E-state index contributed by atoms with van der Waals surface area (Å²) < 4.78 is 54.3. The van der Waals surface area contributed by atoms with Crippen LogP contribution in [0, 0.1) is 0 Å². The minimum atomic E-state index is -4.68. The molecule has 6 rings (SSSR count). The first-order valence-electron chi connectivity index (χ1n) is 13.9. The fourth-order valence-corrected chi connectivity index (χ4v) is 6.55. The summed E-state index contributed by atoms with van der Waals surface area (Å²) in [6.07, 6.45) is -10.5. The topological polar surface area (TPSA) is 361 Å². The Hall–Kier alpha value is -3.64. The van der Waals surface area contributed by atoms with E-state index in [1.165, 1.54) is 9.13 Å². The van der Waals surface area contributed by atoms with Gasteiger partial charge in [0.25, 0.3) is 11.1 Å². The molecular formula is C22H30N10O14P2. The Morgan fingerprint density at radius 2 is 1.48 bits per heavy atom. The number of hydrogen-bond acceptors (Lipinski definition) is 18. The van der Waals surface area contributed by atoms with Gasteiger partial charge < -0.3 is 60.0 Å². The SMILES string of the molecule is Nc1nc2c(ncn2[C@@H]2O[C@H](COP(=O)(O)CO[C@@H]3C(O)[C@H](n4cnc5c(=O)[nH]c(N)nc54)O[C@@H]3CO)[C@H](O)C2OC[PH](=O)O)c(=O)[nH]1. The summed E-state index contributed by atoms with van der Waals surface area (Å²) >= 11 is 0. The molecule has 2 saturated heterocycles. The van der Waals surface area contributed by atoms with Crippen LogP contribution in [0.5, 0.6) is 0 Å². The molecule has 10 atom stereocenters. The van der Waals surface area contributed by atoms with Crippen LogP contribution in [-0.2, 0) is 32.6 Å². The standard InChI is InChI=1S/C22H30N10O14P2/c23-21-27-15-9(17(36)29-21)25-3-31(15)19-12(35)13(7(1-33)45-19)43-6-48(40,41)44-2-8-11(34)14(42-5-47(38)39)20(46-8)32-4-26-10-16(32)28-22(24)30-18(10)37/h3-4,7-8,11-14,19-20,33-35,47H,1-2,5-6H2,(H,38,39)(H,40,41)(H3,23,27,29,36)(H3,24,28,30,37)/t7-,8-,11+,12?,13+,14?,19-,20-/m1/s1. The van der Waals surface area contributed by atoms with Gasteiger partial charge in [-0.15, -0.1) is 0 Å². The van der Waals surface area contributed by atoms with Crippen molar-refractivity contribution in [1.29, 1.82) is 0 Å². The normalized spacial score (nSPS) is 29.5. The fourth-order valence-electron chi connectivity index (χ4n) is 5.40. The molecule has 0 bridgehead atoms. The molecule has 0 spiro atoms. The number of aliphatic hydroxyl groups is 3. The molecule has 2 aliphatic rings. The number of H-pyrrole nitrogens is 2. The molecule has 48 heavy (non-hydrogen) atoms. The minimum Gasteiger partial charge on any atom is -0.394 e. The number of aromatic amines is 2. The molecule has 24 nitrogen and oxygen atoms in total. The van der Waals surface area contributed by atoms with Crippen molar-refractivity contribution in [2.24, 2.45) is 0 Å². The molecule has 2 fully saturated rings. The number of ether oxygens (including phenoxy) is 4. The van der Waals surface area contributed by atoms with E-state index in [4.69, 9.17) is 34.9 Å². The number of fused-ring (bicyclic) bond motifs is 2. The average molecular weight is 720 g/mol. The van der Waals surface area contributed by atoms with Gasteiger partial charge in [0, 0.05) is 0 Å². The van der Waals surface area contributed by atoms with Crippen LogP contribution in [0.1, 0.15) is 12.5 Å². The molecule has 11 N–H and O–H groups in total.